The van der Waals surface area contributed by atoms with E-state index in [1.165, 1.54) is 30.3 Å². The van der Waals surface area contributed by atoms with Crippen molar-refractivity contribution >= 4 is 34.9 Å². The Bertz CT molecular complexity index is 1550. The normalized spacial score (nSPS) is 14.0. The second kappa shape index (κ2) is 12.7. The highest BCUT2D eigenvalue weighted by Crippen LogP contribution is 2.32. The van der Waals surface area contributed by atoms with Gasteiger partial charge in [0.1, 0.15) is 36.6 Å². The molecule has 0 fully saturated rings. The zero-order valence-corrected chi connectivity index (χ0v) is 23.1. The lowest BCUT2D eigenvalue weighted by atomic mass is 10.1. The summed E-state index contributed by atoms with van der Waals surface area (Å²) >= 11 is 6.39. The number of carbonyl (C=O) groups excluding carboxylic acids is 2. The monoisotopic (exact) mass is 574 g/mol. The van der Waals surface area contributed by atoms with Crippen LogP contribution in [-0.4, -0.2) is 38.2 Å². The molecule has 41 heavy (non-hydrogen) atoms. The summed E-state index contributed by atoms with van der Waals surface area (Å²) < 4.78 is 31.7. The molecule has 0 saturated heterocycles. The summed E-state index contributed by atoms with van der Waals surface area (Å²) in [6.07, 6.45) is -0.267. The van der Waals surface area contributed by atoms with Gasteiger partial charge in [-0.15, -0.1) is 0 Å². The lowest BCUT2D eigenvalue weighted by Gasteiger charge is -2.33. The summed E-state index contributed by atoms with van der Waals surface area (Å²) in [5.41, 5.74) is 2.45. The minimum Gasteiger partial charge on any atom is -0.490 e. The standard InChI is InChI=1S/C32H28ClFN2O5/c1-36-18-24(41-30-10-6-5-9-29(30)36)20-39-23-12-13-25(26(33)17-23)32(38)35-28-15-22(11-14-27(28)34)16-31(37)40-19-21-7-3-2-4-8-21/h2-15,17,24H,16,18-20H2,1H3,(H,35,38)/t24-/m0/s1. The zero-order valence-electron chi connectivity index (χ0n) is 22.3. The number of para-hydroxylation sites is 2. The SMILES string of the molecule is CN1C[C@@H](COc2ccc(C(=O)Nc3cc(CC(=O)OCc4ccccc4)ccc3F)c(Cl)c2)Oc2ccccc21. The summed E-state index contributed by atoms with van der Waals surface area (Å²) in [7, 11) is 1.99. The number of nitrogens with one attached hydrogen (secondary N) is 1. The number of anilines is 2. The molecule has 0 radical (unpaired) electrons. The number of nitrogens with zero attached hydrogens (tertiary/aromatic N) is 1. The molecule has 0 unspecified atom stereocenters. The first-order chi connectivity index (χ1) is 19.9. The highest BCUT2D eigenvalue weighted by molar-refractivity contribution is 6.34. The van der Waals surface area contributed by atoms with Crippen LogP contribution in [0.15, 0.2) is 91.0 Å². The molecule has 1 atom stereocenters. The van der Waals surface area contributed by atoms with Crippen molar-refractivity contribution in [2.24, 2.45) is 0 Å². The maximum atomic E-state index is 14.5. The van der Waals surface area contributed by atoms with Gasteiger partial charge in [0.25, 0.3) is 5.91 Å². The quantitative estimate of drug-likeness (QED) is 0.237. The minimum absolute atomic E-state index is 0.0707. The maximum absolute atomic E-state index is 14.5. The lowest BCUT2D eigenvalue weighted by Crippen LogP contribution is -2.41. The number of carbonyl (C=O) groups is 2. The highest BCUT2D eigenvalue weighted by Gasteiger charge is 2.24. The number of halogens is 2. The second-order valence-corrected chi connectivity index (χ2v) is 10.0. The Kier molecular flexibility index (Phi) is 8.70. The van der Waals surface area contributed by atoms with E-state index in [0.29, 0.717) is 17.9 Å². The third-order valence-electron chi connectivity index (χ3n) is 6.54. The third-order valence-corrected chi connectivity index (χ3v) is 6.85. The van der Waals surface area contributed by atoms with Crippen molar-refractivity contribution in [2.75, 3.05) is 30.4 Å². The number of benzene rings is 4. The van der Waals surface area contributed by atoms with Gasteiger partial charge in [-0.1, -0.05) is 60.1 Å². The number of amides is 1. The molecule has 9 heteroatoms. The number of esters is 1. The van der Waals surface area contributed by atoms with Gasteiger partial charge in [-0.25, -0.2) is 4.39 Å². The van der Waals surface area contributed by atoms with Gasteiger partial charge >= 0.3 is 5.97 Å². The van der Waals surface area contributed by atoms with Crippen molar-refractivity contribution in [2.45, 2.75) is 19.1 Å². The van der Waals surface area contributed by atoms with E-state index in [1.54, 1.807) is 6.07 Å². The molecule has 1 aliphatic heterocycles. The number of fused-ring (bicyclic) bond motifs is 1. The van der Waals surface area contributed by atoms with Crippen LogP contribution in [0.3, 0.4) is 0 Å². The number of hydrogen-bond donors (Lipinski definition) is 1. The Balaban J connectivity index is 1.17. The van der Waals surface area contributed by atoms with Crippen LogP contribution in [0.25, 0.3) is 0 Å². The number of rotatable bonds is 9. The van der Waals surface area contributed by atoms with E-state index in [4.69, 9.17) is 25.8 Å². The first kappa shape index (κ1) is 28.0. The van der Waals surface area contributed by atoms with Crippen molar-refractivity contribution in [3.05, 3.63) is 119 Å². The van der Waals surface area contributed by atoms with E-state index in [1.807, 2.05) is 61.6 Å². The topological polar surface area (TPSA) is 77.1 Å². The second-order valence-electron chi connectivity index (χ2n) is 9.63. The van der Waals surface area contributed by atoms with Gasteiger partial charge < -0.3 is 24.4 Å². The average molecular weight is 575 g/mol. The summed E-state index contributed by atoms with van der Waals surface area (Å²) in [5.74, 6) is -0.446. The molecule has 210 valence electrons. The predicted octanol–water partition coefficient (Wildman–Crippen LogP) is 6.29. The summed E-state index contributed by atoms with van der Waals surface area (Å²) in [5, 5.41) is 2.69. The molecular weight excluding hydrogens is 547 g/mol. The molecule has 1 aliphatic rings. The Morgan fingerprint density at radius 1 is 1.00 bits per heavy atom. The fourth-order valence-electron chi connectivity index (χ4n) is 4.46. The Morgan fingerprint density at radius 3 is 2.59 bits per heavy atom. The van der Waals surface area contributed by atoms with E-state index in [-0.39, 0.29) is 42.0 Å². The molecule has 7 nitrogen and oxygen atoms in total. The average Bonchev–Trinajstić information content (AvgIpc) is 2.97. The van der Waals surface area contributed by atoms with Gasteiger partial charge in [0.15, 0.2) is 0 Å². The van der Waals surface area contributed by atoms with Crippen LogP contribution < -0.4 is 19.7 Å². The van der Waals surface area contributed by atoms with E-state index < -0.39 is 17.7 Å². The number of likely N-dealkylation sites (N-methyl/N-ethyl adjacent to an activating group) is 1. The van der Waals surface area contributed by atoms with Crippen LogP contribution in [0.5, 0.6) is 11.5 Å². The van der Waals surface area contributed by atoms with Crippen molar-refractivity contribution in [1.29, 1.82) is 0 Å². The first-order valence-electron chi connectivity index (χ1n) is 13.0. The van der Waals surface area contributed by atoms with Crippen LogP contribution in [0.1, 0.15) is 21.5 Å². The summed E-state index contributed by atoms with van der Waals surface area (Å²) in [4.78, 5) is 27.3. The van der Waals surface area contributed by atoms with Gasteiger partial charge in [0.2, 0.25) is 0 Å². The molecule has 0 aromatic heterocycles. The van der Waals surface area contributed by atoms with Crippen LogP contribution in [0.2, 0.25) is 5.02 Å². The molecule has 0 aliphatic carbocycles. The lowest BCUT2D eigenvalue weighted by molar-refractivity contribution is -0.144. The van der Waals surface area contributed by atoms with E-state index in [0.717, 1.165) is 17.0 Å². The molecule has 0 saturated carbocycles. The minimum atomic E-state index is -0.644. The fraction of sp³-hybridized carbons (Fsp3) is 0.188. The molecule has 4 aromatic rings. The highest BCUT2D eigenvalue weighted by atomic mass is 35.5. The van der Waals surface area contributed by atoms with Crippen LogP contribution in [0, 0.1) is 5.82 Å². The predicted molar refractivity (Wildman–Crippen MR) is 155 cm³/mol. The number of ether oxygens (including phenoxy) is 3. The smallest absolute Gasteiger partial charge is 0.310 e. The summed E-state index contributed by atoms with van der Waals surface area (Å²) in [6, 6.07) is 25.8. The molecule has 5 rings (SSSR count). The molecule has 4 aromatic carbocycles. The van der Waals surface area contributed by atoms with Crippen molar-refractivity contribution in [3.8, 4) is 11.5 Å². The largest absolute Gasteiger partial charge is 0.490 e. The molecule has 0 spiro atoms. The van der Waals surface area contributed by atoms with Gasteiger partial charge in [-0.05, 0) is 53.6 Å². The Hall–Kier alpha value is -4.56. The van der Waals surface area contributed by atoms with Gasteiger partial charge in [-0.2, -0.15) is 0 Å². The van der Waals surface area contributed by atoms with Gasteiger partial charge in [-0.3, -0.25) is 9.59 Å². The van der Waals surface area contributed by atoms with Crippen molar-refractivity contribution in [3.63, 3.8) is 0 Å². The molecular formula is C32H28ClFN2O5. The van der Waals surface area contributed by atoms with Gasteiger partial charge in [0, 0.05) is 7.05 Å². The van der Waals surface area contributed by atoms with Crippen molar-refractivity contribution < 1.29 is 28.2 Å². The molecule has 1 N–H and O–H groups in total. The first-order valence-corrected chi connectivity index (χ1v) is 13.4. The van der Waals surface area contributed by atoms with Crippen molar-refractivity contribution in [1.82, 2.24) is 0 Å². The molecule has 1 amide bonds. The number of hydrogen-bond acceptors (Lipinski definition) is 6. The van der Waals surface area contributed by atoms with Crippen LogP contribution in [0.4, 0.5) is 15.8 Å². The van der Waals surface area contributed by atoms with Crippen LogP contribution >= 0.6 is 11.6 Å². The maximum Gasteiger partial charge on any atom is 0.310 e. The van der Waals surface area contributed by atoms with E-state index in [2.05, 4.69) is 10.2 Å². The fourth-order valence-corrected chi connectivity index (χ4v) is 4.72. The zero-order chi connectivity index (χ0) is 28.8. The van der Waals surface area contributed by atoms with E-state index >= 15 is 0 Å². The molecule has 0 bridgehead atoms. The van der Waals surface area contributed by atoms with E-state index in [9.17, 15) is 14.0 Å². The third kappa shape index (κ3) is 7.15. The Morgan fingerprint density at radius 2 is 1.78 bits per heavy atom. The van der Waals surface area contributed by atoms with Gasteiger partial charge in [0.05, 0.1) is 34.9 Å². The van der Waals surface area contributed by atoms with Crippen LogP contribution in [-0.2, 0) is 22.6 Å². The molecule has 1 heterocycles. The summed E-state index contributed by atoms with van der Waals surface area (Å²) in [6.45, 7) is 1.08. The Labute approximate surface area is 242 Å².